The summed E-state index contributed by atoms with van der Waals surface area (Å²) in [6.07, 6.45) is 4.08. The third-order valence-corrected chi connectivity index (χ3v) is 11.2. The number of hydrogen-bond donors (Lipinski definition) is 3. The fourth-order valence-electron chi connectivity index (χ4n) is 9.06. The lowest BCUT2D eigenvalue weighted by Crippen LogP contribution is -2.62. The molecule has 4 aliphatic rings. The van der Waals surface area contributed by atoms with Gasteiger partial charge in [-0.25, -0.2) is 0 Å². The smallest absolute Gasteiger partial charge is 0.303 e. The molecule has 0 aromatic carbocycles. The molecule has 4 rings (SSSR count). The Morgan fingerprint density at radius 3 is 2.41 bits per heavy atom. The molecule has 3 N–H and O–H groups in total. The maximum atomic E-state index is 12.4. The second-order valence-corrected chi connectivity index (χ2v) is 14.0. The fourth-order valence-corrected chi connectivity index (χ4v) is 9.06. The minimum atomic E-state index is -0.939. The van der Waals surface area contributed by atoms with Gasteiger partial charge in [0, 0.05) is 12.3 Å². The molecule has 9 atom stereocenters. The van der Waals surface area contributed by atoms with E-state index in [0.717, 1.165) is 37.7 Å². The second kappa shape index (κ2) is 9.64. The van der Waals surface area contributed by atoms with Crippen LogP contribution in [0.4, 0.5) is 0 Å². The van der Waals surface area contributed by atoms with Gasteiger partial charge in [-0.15, -0.1) is 0 Å². The lowest BCUT2D eigenvalue weighted by Gasteiger charge is -2.62. The Kier molecular flexibility index (Phi) is 7.45. The largest absolute Gasteiger partial charge is 0.458 e. The number of fused-ring (bicyclic) bond motifs is 4. The van der Waals surface area contributed by atoms with Crippen LogP contribution in [0.1, 0.15) is 93.9 Å². The number of ether oxygens (including phenoxy) is 1. The van der Waals surface area contributed by atoms with E-state index in [4.69, 9.17) is 4.74 Å². The molecule has 0 bridgehead atoms. The predicted octanol–water partition coefficient (Wildman–Crippen LogP) is 5.74. The van der Waals surface area contributed by atoms with Crippen LogP contribution in [-0.2, 0) is 9.53 Å². The van der Waals surface area contributed by atoms with Gasteiger partial charge in [-0.05, 0) is 89.7 Å². The highest BCUT2D eigenvalue weighted by Gasteiger charge is 2.64. The summed E-state index contributed by atoms with van der Waals surface area (Å²) in [7, 11) is 0. The van der Waals surface area contributed by atoms with Gasteiger partial charge >= 0.3 is 5.97 Å². The highest BCUT2D eigenvalue weighted by Crippen LogP contribution is 2.67. The number of allylic oxidation sites excluding steroid dienone is 3. The third-order valence-electron chi connectivity index (χ3n) is 11.2. The molecular formula is C32H50O5. The molecule has 0 amide bonds. The van der Waals surface area contributed by atoms with Gasteiger partial charge < -0.3 is 20.1 Å². The molecule has 0 unspecified atom stereocenters. The van der Waals surface area contributed by atoms with Crippen molar-refractivity contribution in [3.05, 3.63) is 34.9 Å². The molecule has 5 nitrogen and oxygen atoms in total. The molecule has 0 aromatic rings. The van der Waals surface area contributed by atoms with Crippen LogP contribution in [0.3, 0.4) is 0 Å². The normalized spacial score (nSPS) is 41.5. The van der Waals surface area contributed by atoms with Crippen molar-refractivity contribution in [2.45, 2.75) is 118 Å². The first kappa shape index (κ1) is 28.6. The summed E-state index contributed by atoms with van der Waals surface area (Å²) in [5.74, 6) is 0.808. The van der Waals surface area contributed by atoms with Crippen molar-refractivity contribution in [1.82, 2.24) is 0 Å². The Morgan fingerprint density at radius 2 is 1.81 bits per heavy atom. The lowest BCUT2D eigenvalue weighted by molar-refractivity contribution is -0.176. The number of rotatable bonds is 6. The number of aliphatic hydroxyl groups is 3. The SMILES string of the molecule is C=C(CC[C@@H](C)[C@H]1CC=C2C3=C([C@@H](O)[C@H](OC(C)=O)[C@@]21C)[C@@]1(C)C[C@@H](O)[C@H](O)C(C)(C)[C@H]1CC3)C(C)C. The molecule has 0 aliphatic heterocycles. The van der Waals surface area contributed by atoms with E-state index >= 15 is 0 Å². The summed E-state index contributed by atoms with van der Waals surface area (Å²) < 4.78 is 6.04. The topological polar surface area (TPSA) is 87.0 Å². The van der Waals surface area contributed by atoms with Crippen LogP contribution >= 0.6 is 0 Å². The van der Waals surface area contributed by atoms with Crippen molar-refractivity contribution in [2.75, 3.05) is 0 Å². The molecule has 0 heterocycles. The van der Waals surface area contributed by atoms with Crippen LogP contribution in [0.2, 0.25) is 0 Å². The van der Waals surface area contributed by atoms with Crippen LogP contribution in [0.25, 0.3) is 0 Å². The first-order chi connectivity index (χ1) is 17.1. The summed E-state index contributed by atoms with van der Waals surface area (Å²) in [4.78, 5) is 12.4. The van der Waals surface area contributed by atoms with Crippen molar-refractivity contribution < 1.29 is 24.9 Å². The van der Waals surface area contributed by atoms with E-state index in [1.165, 1.54) is 23.6 Å². The van der Waals surface area contributed by atoms with Gasteiger partial charge in [-0.3, -0.25) is 4.79 Å². The van der Waals surface area contributed by atoms with E-state index in [9.17, 15) is 20.1 Å². The van der Waals surface area contributed by atoms with Crippen molar-refractivity contribution in [2.24, 2.45) is 39.9 Å². The summed E-state index contributed by atoms with van der Waals surface area (Å²) in [5.41, 5.74) is 3.17. The Labute approximate surface area is 224 Å². The van der Waals surface area contributed by atoms with Gasteiger partial charge in [-0.2, -0.15) is 0 Å². The van der Waals surface area contributed by atoms with E-state index in [2.05, 4.69) is 47.3 Å². The monoisotopic (exact) mass is 514 g/mol. The molecule has 1 saturated carbocycles. The van der Waals surface area contributed by atoms with E-state index in [1.54, 1.807) is 0 Å². The summed E-state index contributed by atoms with van der Waals surface area (Å²) in [6.45, 7) is 20.8. The average Bonchev–Trinajstić information content (AvgIpc) is 3.15. The van der Waals surface area contributed by atoms with E-state index in [-0.39, 0.29) is 17.8 Å². The average molecular weight is 515 g/mol. The molecule has 4 aliphatic carbocycles. The van der Waals surface area contributed by atoms with Crippen LogP contribution < -0.4 is 0 Å². The number of carbonyl (C=O) groups is 1. The Balaban J connectivity index is 1.78. The molecule has 0 aromatic heterocycles. The van der Waals surface area contributed by atoms with Crippen molar-refractivity contribution in [3.8, 4) is 0 Å². The van der Waals surface area contributed by atoms with Gasteiger partial charge in [0.05, 0.1) is 12.2 Å². The number of carbonyl (C=O) groups excluding carboxylic acids is 1. The summed E-state index contributed by atoms with van der Waals surface area (Å²) in [5, 5.41) is 33.9. The molecule has 0 spiro atoms. The highest BCUT2D eigenvalue weighted by atomic mass is 16.6. The van der Waals surface area contributed by atoms with Gasteiger partial charge in [0.25, 0.3) is 0 Å². The molecular weight excluding hydrogens is 464 g/mol. The van der Waals surface area contributed by atoms with Crippen molar-refractivity contribution in [3.63, 3.8) is 0 Å². The molecule has 37 heavy (non-hydrogen) atoms. The maximum absolute atomic E-state index is 12.4. The zero-order valence-electron chi connectivity index (χ0n) is 24.3. The van der Waals surface area contributed by atoms with Gasteiger partial charge in [0.2, 0.25) is 0 Å². The van der Waals surface area contributed by atoms with Gasteiger partial charge in [0.15, 0.2) is 0 Å². The molecule has 0 saturated heterocycles. The molecule has 5 heteroatoms. The molecule has 1 fully saturated rings. The van der Waals surface area contributed by atoms with Crippen molar-refractivity contribution in [1.29, 1.82) is 0 Å². The molecule has 208 valence electrons. The van der Waals surface area contributed by atoms with E-state index in [1.807, 2.05) is 13.8 Å². The standard InChI is InChI=1S/C32H50O5/c1-17(2)18(3)10-11-19(4)22-13-14-23-21-12-15-25-30(6,7)28(36)24(34)16-31(25,8)26(21)27(35)29(32(22,23)9)37-20(5)33/h14,17,19,22,24-25,27-29,34-36H,3,10-13,15-16H2,1-2,4-9H3/t19-,22-,24-,25-,27-,28+,29+,31+,32-/m1/s1. The lowest BCUT2D eigenvalue weighted by atomic mass is 9.45. The van der Waals surface area contributed by atoms with Crippen LogP contribution in [0, 0.1) is 39.9 Å². The van der Waals surface area contributed by atoms with Crippen molar-refractivity contribution >= 4 is 5.97 Å². The molecule has 0 radical (unpaired) electrons. The third kappa shape index (κ3) is 4.28. The summed E-state index contributed by atoms with van der Waals surface area (Å²) in [6, 6.07) is 0. The number of esters is 1. The quantitative estimate of drug-likeness (QED) is 0.311. The Bertz CT molecular complexity index is 1000. The summed E-state index contributed by atoms with van der Waals surface area (Å²) >= 11 is 0. The van der Waals surface area contributed by atoms with Gasteiger partial charge in [-0.1, -0.05) is 66.7 Å². The predicted molar refractivity (Wildman–Crippen MR) is 147 cm³/mol. The Morgan fingerprint density at radius 1 is 1.16 bits per heavy atom. The zero-order valence-corrected chi connectivity index (χ0v) is 24.3. The highest BCUT2D eigenvalue weighted by molar-refractivity contribution is 5.67. The first-order valence-electron chi connectivity index (χ1n) is 14.4. The zero-order chi connectivity index (χ0) is 27.7. The van der Waals surface area contributed by atoms with Crippen LogP contribution in [0.5, 0.6) is 0 Å². The van der Waals surface area contributed by atoms with E-state index in [0.29, 0.717) is 18.3 Å². The second-order valence-electron chi connectivity index (χ2n) is 14.0. The minimum Gasteiger partial charge on any atom is -0.458 e. The maximum Gasteiger partial charge on any atom is 0.303 e. The van der Waals surface area contributed by atoms with Crippen LogP contribution in [-0.4, -0.2) is 45.7 Å². The minimum absolute atomic E-state index is 0.105. The first-order valence-corrected chi connectivity index (χ1v) is 14.4. The van der Waals surface area contributed by atoms with Crippen LogP contribution in [0.15, 0.2) is 34.9 Å². The fraction of sp³-hybridized carbons (Fsp3) is 0.781. The van der Waals surface area contributed by atoms with Gasteiger partial charge in [0.1, 0.15) is 12.2 Å². The number of aliphatic hydroxyl groups excluding tert-OH is 3. The Hall–Kier alpha value is -1.43. The number of hydrogen-bond acceptors (Lipinski definition) is 5. The van der Waals surface area contributed by atoms with E-state index < -0.39 is 40.7 Å².